The number of hydrogen-bond donors (Lipinski definition) is 2. The molecule has 3 atom stereocenters. The third-order valence-electron chi connectivity index (χ3n) is 4.25. The van der Waals surface area contributed by atoms with Gasteiger partial charge in [0.2, 0.25) is 0 Å². The second kappa shape index (κ2) is 6.14. The molecule has 0 spiro atoms. The maximum atomic E-state index is 13.3. The summed E-state index contributed by atoms with van der Waals surface area (Å²) in [7, 11) is 0. The molecular formula is C17H18ClFN2. The van der Waals surface area contributed by atoms with E-state index in [1.807, 2.05) is 6.07 Å². The summed E-state index contributed by atoms with van der Waals surface area (Å²) >= 11 is 6.14. The molecule has 3 N–H and O–H groups in total. The molecule has 110 valence electrons. The molecule has 2 aromatic carbocycles. The lowest BCUT2D eigenvalue weighted by atomic mass is 9.99. The van der Waals surface area contributed by atoms with E-state index >= 15 is 0 Å². The Labute approximate surface area is 129 Å². The molecule has 3 unspecified atom stereocenters. The maximum absolute atomic E-state index is 13.3. The Balaban J connectivity index is 1.71. The molecule has 0 bridgehead atoms. The summed E-state index contributed by atoms with van der Waals surface area (Å²) in [5.41, 5.74) is 5.02. The Hall–Kier alpha value is -1.42. The lowest BCUT2D eigenvalue weighted by Crippen LogP contribution is -2.39. The highest BCUT2D eigenvalue weighted by Crippen LogP contribution is 2.50. The predicted molar refractivity (Wildman–Crippen MR) is 83.5 cm³/mol. The lowest BCUT2D eigenvalue weighted by Gasteiger charge is -2.17. The number of halogens is 2. The second-order valence-corrected chi connectivity index (χ2v) is 6.04. The van der Waals surface area contributed by atoms with Crippen molar-refractivity contribution >= 4 is 11.6 Å². The van der Waals surface area contributed by atoms with Crippen LogP contribution in [-0.4, -0.2) is 6.04 Å². The average molecular weight is 305 g/mol. The summed E-state index contributed by atoms with van der Waals surface area (Å²) in [5, 5.41) is 0.591. The molecule has 0 amide bonds. The minimum Gasteiger partial charge on any atom is -0.271 e. The number of nitrogens with two attached hydrogens (primary N) is 1. The first-order valence-corrected chi connectivity index (χ1v) is 7.52. The van der Waals surface area contributed by atoms with Crippen molar-refractivity contribution in [3.63, 3.8) is 0 Å². The highest BCUT2D eigenvalue weighted by Gasteiger charge is 2.43. The Morgan fingerprint density at radius 2 is 2.00 bits per heavy atom. The van der Waals surface area contributed by atoms with Gasteiger partial charge in [0.15, 0.2) is 0 Å². The van der Waals surface area contributed by atoms with Crippen molar-refractivity contribution in [1.82, 2.24) is 5.43 Å². The average Bonchev–Trinajstić information content (AvgIpc) is 3.29. The van der Waals surface area contributed by atoms with Crippen molar-refractivity contribution in [3.8, 4) is 0 Å². The van der Waals surface area contributed by atoms with Crippen LogP contribution >= 0.6 is 11.6 Å². The SMILES string of the molecule is NNC(Cc1cc(F)ccc1Cl)C1CC1c1ccccc1. The summed E-state index contributed by atoms with van der Waals surface area (Å²) in [6, 6.07) is 15.0. The van der Waals surface area contributed by atoms with Crippen LogP contribution in [0.15, 0.2) is 48.5 Å². The van der Waals surface area contributed by atoms with Gasteiger partial charge in [-0.05, 0) is 54.0 Å². The quantitative estimate of drug-likeness (QED) is 0.653. The van der Waals surface area contributed by atoms with Gasteiger partial charge in [-0.3, -0.25) is 11.3 Å². The van der Waals surface area contributed by atoms with Crippen LogP contribution in [0, 0.1) is 11.7 Å². The highest BCUT2D eigenvalue weighted by atomic mass is 35.5. The van der Waals surface area contributed by atoms with Crippen LogP contribution in [0.25, 0.3) is 0 Å². The fourth-order valence-electron chi connectivity index (χ4n) is 3.01. The van der Waals surface area contributed by atoms with E-state index in [2.05, 4.69) is 29.7 Å². The standard InChI is InChI=1S/C17H18ClFN2/c18-16-7-6-13(19)8-12(16)9-17(21-20)15-10-14(15)11-4-2-1-3-5-11/h1-8,14-15,17,21H,9-10,20H2. The fraction of sp³-hybridized carbons (Fsp3) is 0.294. The third-order valence-corrected chi connectivity index (χ3v) is 4.61. The monoisotopic (exact) mass is 304 g/mol. The molecule has 0 aliphatic heterocycles. The van der Waals surface area contributed by atoms with E-state index in [9.17, 15) is 4.39 Å². The first-order valence-electron chi connectivity index (χ1n) is 7.14. The summed E-state index contributed by atoms with van der Waals surface area (Å²) < 4.78 is 13.3. The minimum absolute atomic E-state index is 0.106. The van der Waals surface area contributed by atoms with Crippen LogP contribution in [0.2, 0.25) is 5.02 Å². The Morgan fingerprint density at radius 3 is 2.71 bits per heavy atom. The minimum atomic E-state index is -0.263. The number of benzene rings is 2. The van der Waals surface area contributed by atoms with Gasteiger partial charge >= 0.3 is 0 Å². The summed E-state index contributed by atoms with van der Waals surface area (Å²) in [6.07, 6.45) is 1.74. The van der Waals surface area contributed by atoms with Crippen molar-refractivity contribution in [2.24, 2.45) is 11.8 Å². The van der Waals surface area contributed by atoms with Crippen LogP contribution in [0.4, 0.5) is 4.39 Å². The van der Waals surface area contributed by atoms with Gasteiger partial charge in [0.05, 0.1) is 0 Å². The molecule has 1 fully saturated rings. The topological polar surface area (TPSA) is 38.0 Å². The lowest BCUT2D eigenvalue weighted by molar-refractivity contribution is 0.463. The van der Waals surface area contributed by atoms with Crippen molar-refractivity contribution in [2.45, 2.75) is 24.8 Å². The molecule has 4 heteroatoms. The Bertz CT molecular complexity index is 617. The van der Waals surface area contributed by atoms with E-state index in [-0.39, 0.29) is 11.9 Å². The summed E-state index contributed by atoms with van der Waals surface area (Å²) in [6.45, 7) is 0. The van der Waals surface area contributed by atoms with E-state index in [4.69, 9.17) is 17.4 Å². The van der Waals surface area contributed by atoms with Gasteiger partial charge in [0.25, 0.3) is 0 Å². The first-order chi connectivity index (χ1) is 10.2. The van der Waals surface area contributed by atoms with Crippen LogP contribution < -0.4 is 11.3 Å². The van der Waals surface area contributed by atoms with Gasteiger partial charge in [-0.15, -0.1) is 0 Å². The smallest absolute Gasteiger partial charge is 0.123 e. The van der Waals surface area contributed by atoms with E-state index < -0.39 is 0 Å². The van der Waals surface area contributed by atoms with E-state index in [1.165, 1.54) is 17.7 Å². The van der Waals surface area contributed by atoms with Gasteiger partial charge in [-0.1, -0.05) is 41.9 Å². The molecule has 0 saturated heterocycles. The molecule has 2 nitrogen and oxygen atoms in total. The van der Waals surface area contributed by atoms with Crippen molar-refractivity contribution in [3.05, 3.63) is 70.5 Å². The molecule has 0 aromatic heterocycles. The number of hydrogen-bond acceptors (Lipinski definition) is 2. The fourth-order valence-corrected chi connectivity index (χ4v) is 3.21. The Kier molecular flexibility index (Phi) is 4.24. The molecule has 21 heavy (non-hydrogen) atoms. The van der Waals surface area contributed by atoms with E-state index in [0.29, 0.717) is 23.3 Å². The normalized spacial score (nSPS) is 22.0. The van der Waals surface area contributed by atoms with Gasteiger partial charge in [-0.25, -0.2) is 4.39 Å². The number of hydrazine groups is 1. The zero-order valence-corrected chi connectivity index (χ0v) is 12.4. The molecule has 0 heterocycles. The van der Waals surface area contributed by atoms with Gasteiger partial charge in [-0.2, -0.15) is 0 Å². The molecular weight excluding hydrogens is 287 g/mol. The summed E-state index contributed by atoms with van der Waals surface area (Å²) in [4.78, 5) is 0. The molecule has 1 saturated carbocycles. The molecule has 0 radical (unpaired) electrons. The zero-order chi connectivity index (χ0) is 14.8. The number of nitrogens with one attached hydrogen (secondary N) is 1. The van der Waals surface area contributed by atoms with Gasteiger partial charge in [0.1, 0.15) is 5.82 Å². The van der Waals surface area contributed by atoms with Gasteiger partial charge in [0, 0.05) is 11.1 Å². The summed E-state index contributed by atoms with van der Waals surface area (Å²) in [5.74, 6) is 6.44. The van der Waals surface area contributed by atoms with Gasteiger partial charge < -0.3 is 0 Å². The Morgan fingerprint density at radius 1 is 1.24 bits per heavy atom. The van der Waals surface area contributed by atoms with Crippen LogP contribution in [0.5, 0.6) is 0 Å². The zero-order valence-electron chi connectivity index (χ0n) is 11.6. The molecule has 1 aliphatic carbocycles. The first kappa shape index (κ1) is 14.5. The van der Waals surface area contributed by atoms with E-state index in [1.54, 1.807) is 6.07 Å². The highest BCUT2D eigenvalue weighted by molar-refractivity contribution is 6.31. The second-order valence-electron chi connectivity index (χ2n) is 5.63. The van der Waals surface area contributed by atoms with Crippen LogP contribution in [0.3, 0.4) is 0 Å². The van der Waals surface area contributed by atoms with Crippen LogP contribution in [-0.2, 0) is 6.42 Å². The molecule has 1 aliphatic rings. The molecule has 3 rings (SSSR count). The van der Waals surface area contributed by atoms with Crippen molar-refractivity contribution in [2.75, 3.05) is 0 Å². The van der Waals surface area contributed by atoms with Crippen molar-refractivity contribution < 1.29 is 4.39 Å². The third kappa shape index (κ3) is 3.26. The van der Waals surface area contributed by atoms with Crippen molar-refractivity contribution in [1.29, 1.82) is 0 Å². The maximum Gasteiger partial charge on any atom is 0.123 e. The largest absolute Gasteiger partial charge is 0.271 e. The predicted octanol–water partition coefficient (Wildman–Crippen LogP) is 3.66. The molecule has 2 aromatic rings. The van der Waals surface area contributed by atoms with E-state index in [0.717, 1.165) is 12.0 Å². The van der Waals surface area contributed by atoms with Crippen LogP contribution in [0.1, 0.15) is 23.5 Å². The number of rotatable bonds is 5.